The van der Waals surface area contributed by atoms with E-state index in [9.17, 15) is 24.3 Å². The van der Waals surface area contributed by atoms with Gasteiger partial charge in [0.05, 0.1) is 6.42 Å². The van der Waals surface area contributed by atoms with Crippen molar-refractivity contribution in [1.29, 1.82) is 0 Å². The Bertz CT molecular complexity index is 948. The van der Waals surface area contributed by atoms with Crippen molar-refractivity contribution in [2.24, 2.45) is 11.3 Å². The Labute approximate surface area is 208 Å². The molecule has 1 aliphatic heterocycles. The first-order valence-corrected chi connectivity index (χ1v) is 12.7. The maximum Gasteiger partial charge on any atom is 0.305 e. The van der Waals surface area contributed by atoms with Gasteiger partial charge in [-0.2, -0.15) is 0 Å². The standard InChI is InChI=1S/C27H39N3O5/c1-18-9-8-12-20(15-18)26(35)30-14-13-29(22(31)17-27(2,3)4)25(30)24(34)28-21(16-23(32)33)19-10-6-5-7-11-19/h8-9,12,15,19,21,25H,5-7,10-11,13-14,16-17H2,1-4H3,(H,28,34)(H,32,33). The molecular formula is C27H39N3O5. The Balaban J connectivity index is 1.89. The largest absolute Gasteiger partial charge is 0.481 e. The highest BCUT2D eigenvalue weighted by atomic mass is 16.4. The first-order valence-electron chi connectivity index (χ1n) is 12.7. The van der Waals surface area contributed by atoms with Crippen molar-refractivity contribution in [2.45, 2.75) is 84.8 Å². The molecule has 35 heavy (non-hydrogen) atoms. The Morgan fingerprint density at radius 1 is 1.06 bits per heavy atom. The van der Waals surface area contributed by atoms with Gasteiger partial charge < -0.3 is 20.2 Å². The van der Waals surface area contributed by atoms with E-state index in [1.807, 2.05) is 33.8 Å². The summed E-state index contributed by atoms with van der Waals surface area (Å²) >= 11 is 0. The van der Waals surface area contributed by atoms with Crippen molar-refractivity contribution < 1.29 is 24.3 Å². The van der Waals surface area contributed by atoms with E-state index >= 15 is 0 Å². The predicted octanol–water partition coefficient (Wildman–Crippen LogP) is 3.58. The van der Waals surface area contributed by atoms with Crippen LogP contribution >= 0.6 is 0 Å². The Morgan fingerprint density at radius 2 is 1.71 bits per heavy atom. The highest BCUT2D eigenvalue weighted by Crippen LogP contribution is 2.29. The lowest BCUT2D eigenvalue weighted by Gasteiger charge is -2.34. The molecule has 1 saturated carbocycles. The summed E-state index contributed by atoms with van der Waals surface area (Å²) in [7, 11) is 0. The predicted molar refractivity (Wildman–Crippen MR) is 133 cm³/mol. The highest BCUT2D eigenvalue weighted by Gasteiger charge is 2.44. The maximum absolute atomic E-state index is 13.7. The van der Waals surface area contributed by atoms with Crippen LogP contribution < -0.4 is 5.32 Å². The number of hydrogen-bond acceptors (Lipinski definition) is 4. The molecule has 1 heterocycles. The number of carbonyl (C=O) groups is 4. The minimum Gasteiger partial charge on any atom is -0.481 e. The van der Waals surface area contributed by atoms with Crippen molar-refractivity contribution >= 4 is 23.7 Å². The zero-order valence-electron chi connectivity index (χ0n) is 21.4. The Kier molecular flexibility index (Phi) is 8.56. The third-order valence-corrected chi connectivity index (χ3v) is 6.88. The number of aliphatic carboxylic acids is 1. The number of aryl methyl sites for hydroxylation is 1. The first kappa shape index (κ1) is 26.7. The third kappa shape index (κ3) is 7.05. The normalized spacial score (nSPS) is 19.9. The van der Waals surface area contributed by atoms with Gasteiger partial charge in [0.25, 0.3) is 11.8 Å². The molecule has 0 radical (unpaired) electrons. The van der Waals surface area contributed by atoms with Crippen molar-refractivity contribution in [3.05, 3.63) is 35.4 Å². The van der Waals surface area contributed by atoms with Crippen molar-refractivity contribution in [2.75, 3.05) is 13.1 Å². The molecule has 8 nitrogen and oxygen atoms in total. The number of carbonyl (C=O) groups excluding carboxylic acids is 3. The lowest BCUT2D eigenvalue weighted by molar-refractivity contribution is -0.144. The van der Waals surface area contributed by atoms with Crippen LogP contribution in [0.3, 0.4) is 0 Å². The molecule has 3 rings (SSSR count). The van der Waals surface area contributed by atoms with E-state index in [4.69, 9.17) is 0 Å². The lowest BCUT2D eigenvalue weighted by Crippen LogP contribution is -2.57. The summed E-state index contributed by atoms with van der Waals surface area (Å²) in [6, 6.07) is 6.63. The molecule has 2 aliphatic rings. The lowest BCUT2D eigenvalue weighted by atomic mass is 9.82. The van der Waals surface area contributed by atoms with Gasteiger partial charge in [0.15, 0.2) is 6.17 Å². The van der Waals surface area contributed by atoms with Gasteiger partial charge in [0.1, 0.15) is 0 Å². The van der Waals surface area contributed by atoms with Crippen molar-refractivity contribution in [3.63, 3.8) is 0 Å². The number of benzene rings is 1. The smallest absolute Gasteiger partial charge is 0.305 e. The van der Waals surface area contributed by atoms with E-state index in [0.29, 0.717) is 5.56 Å². The monoisotopic (exact) mass is 485 g/mol. The average Bonchev–Trinajstić information content (AvgIpc) is 3.23. The molecule has 1 saturated heterocycles. The second-order valence-corrected chi connectivity index (χ2v) is 11.2. The minimum atomic E-state index is -1.10. The Morgan fingerprint density at radius 3 is 2.31 bits per heavy atom. The second kappa shape index (κ2) is 11.2. The summed E-state index contributed by atoms with van der Waals surface area (Å²) in [5.41, 5.74) is 1.11. The van der Waals surface area contributed by atoms with Gasteiger partial charge in [0.2, 0.25) is 5.91 Å². The summed E-state index contributed by atoms with van der Waals surface area (Å²) in [5.74, 6) is -1.88. The number of hydrogen-bond donors (Lipinski definition) is 2. The summed E-state index contributed by atoms with van der Waals surface area (Å²) in [6.07, 6.45) is 3.82. The number of rotatable bonds is 7. The third-order valence-electron chi connectivity index (χ3n) is 6.88. The van der Waals surface area contributed by atoms with Gasteiger partial charge in [-0.1, -0.05) is 57.7 Å². The molecule has 3 amide bonds. The summed E-state index contributed by atoms with van der Waals surface area (Å²) in [4.78, 5) is 54.9. The highest BCUT2D eigenvalue weighted by molar-refractivity contribution is 5.99. The zero-order valence-corrected chi connectivity index (χ0v) is 21.4. The molecule has 2 unspecified atom stereocenters. The van der Waals surface area contributed by atoms with Crippen LogP contribution in [0.4, 0.5) is 0 Å². The Hall–Kier alpha value is -2.90. The number of amides is 3. The number of carboxylic acid groups (broad SMARTS) is 1. The first-order chi connectivity index (χ1) is 16.5. The number of carboxylic acids is 1. The zero-order chi connectivity index (χ0) is 25.8. The van der Waals surface area contributed by atoms with Crippen molar-refractivity contribution in [1.82, 2.24) is 15.1 Å². The molecule has 192 valence electrons. The van der Waals surface area contributed by atoms with E-state index in [0.717, 1.165) is 37.7 Å². The number of nitrogens with zero attached hydrogens (tertiary/aromatic N) is 2. The van der Waals surface area contributed by atoms with Gasteiger partial charge in [-0.25, -0.2) is 0 Å². The molecule has 1 aromatic rings. The quantitative estimate of drug-likeness (QED) is 0.614. The SMILES string of the molecule is Cc1cccc(C(=O)N2CCN(C(=O)CC(C)(C)C)C2C(=O)NC(CC(=O)O)C2CCCCC2)c1. The van der Waals surface area contributed by atoms with E-state index in [1.165, 1.54) is 9.80 Å². The van der Waals surface area contributed by atoms with Gasteiger partial charge in [-0.05, 0) is 43.2 Å². The average molecular weight is 486 g/mol. The maximum atomic E-state index is 13.7. The van der Waals surface area contributed by atoms with Crippen molar-refractivity contribution in [3.8, 4) is 0 Å². The van der Waals surface area contributed by atoms with Gasteiger partial charge in [-0.3, -0.25) is 19.2 Å². The molecule has 1 aliphatic carbocycles. The summed E-state index contributed by atoms with van der Waals surface area (Å²) < 4.78 is 0. The fourth-order valence-corrected chi connectivity index (χ4v) is 5.20. The van der Waals surface area contributed by atoms with Crippen LogP contribution in [-0.4, -0.2) is 63.9 Å². The van der Waals surface area contributed by atoms with E-state index in [-0.39, 0.29) is 49.1 Å². The second-order valence-electron chi connectivity index (χ2n) is 11.2. The molecular weight excluding hydrogens is 446 g/mol. The topological polar surface area (TPSA) is 107 Å². The van der Waals surface area contributed by atoms with E-state index in [1.54, 1.807) is 18.2 Å². The molecule has 0 spiro atoms. The summed E-state index contributed by atoms with van der Waals surface area (Å²) in [6.45, 7) is 8.27. The van der Waals surface area contributed by atoms with E-state index < -0.39 is 24.1 Å². The van der Waals surface area contributed by atoms with Gasteiger partial charge in [0, 0.05) is 31.1 Å². The molecule has 2 fully saturated rings. The number of nitrogens with one attached hydrogen (secondary N) is 1. The molecule has 2 N–H and O–H groups in total. The minimum absolute atomic E-state index is 0.0739. The van der Waals surface area contributed by atoms with Crippen LogP contribution in [0.1, 0.15) is 81.6 Å². The van der Waals surface area contributed by atoms with Crippen LogP contribution in [0.25, 0.3) is 0 Å². The van der Waals surface area contributed by atoms with Crippen LogP contribution in [0.15, 0.2) is 24.3 Å². The molecule has 0 bridgehead atoms. The van der Waals surface area contributed by atoms with Crippen LogP contribution in [0, 0.1) is 18.3 Å². The molecule has 0 aromatic heterocycles. The van der Waals surface area contributed by atoms with Crippen LogP contribution in [0.5, 0.6) is 0 Å². The van der Waals surface area contributed by atoms with Gasteiger partial charge in [-0.15, -0.1) is 0 Å². The van der Waals surface area contributed by atoms with Crippen LogP contribution in [-0.2, 0) is 14.4 Å². The van der Waals surface area contributed by atoms with E-state index in [2.05, 4.69) is 5.32 Å². The molecule has 1 aromatic carbocycles. The molecule has 2 atom stereocenters. The fourth-order valence-electron chi connectivity index (χ4n) is 5.20. The van der Waals surface area contributed by atoms with Gasteiger partial charge >= 0.3 is 5.97 Å². The fraction of sp³-hybridized carbons (Fsp3) is 0.630. The van der Waals surface area contributed by atoms with Crippen LogP contribution in [0.2, 0.25) is 0 Å². The molecule has 8 heteroatoms. The summed E-state index contributed by atoms with van der Waals surface area (Å²) in [5, 5.41) is 12.4.